The molecule has 7 nitrogen and oxygen atoms in total. The Morgan fingerprint density at radius 3 is 1.62 bits per heavy atom. The highest BCUT2D eigenvalue weighted by Crippen LogP contribution is 2.27. The number of hydrogen-bond acceptors (Lipinski definition) is 2. The van der Waals surface area contributed by atoms with Gasteiger partial charge in [0.05, 0.1) is 7.11 Å². The number of carbonyl (C=O) groups excluding carboxylic acids is 1. The molecule has 5 N–H and O–H groups in total. The second kappa shape index (κ2) is 10.4. The van der Waals surface area contributed by atoms with Gasteiger partial charge in [0.2, 0.25) is 5.91 Å². The maximum absolute atomic E-state index is 11.6. The van der Waals surface area contributed by atoms with E-state index in [9.17, 15) is 4.79 Å². The zero-order valence-corrected chi connectivity index (χ0v) is 23.2. The first-order chi connectivity index (χ1) is 20.5. The molecule has 8 bridgehead atoms. The Morgan fingerprint density at radius 2 is 1.12 bits per heavy atom. The first-order valence-electron chi connectivity index (χ1n) is 13.8. The lowest BCUT2D eigenvalue weighted by molar-refractivity contribution is -0.114. The summed E-state index contributed by atoms with van der Waals surface area (Å²) in [6, 6.07) is 32.8. The molecule has 7 rings (SSSR count). The number of aromatic nitrogens is 4. The van der Waals surface area contributed by atoms with Crippen LogP contribution in [0.25, 0.3) is 23.3 Å². The molecule has 0 spiro atoms. The molecular weight excluding hydrogens is 522 g/mol. The molecule has 4 aromatic heterocycles. The van der Waals surface area contributed by atoms with Gasteiger partial charge < -0.3 is 30.0 Å². The third kappa shape index (κ3) is 4.88. The van der Waals surface area contributed by atoms with E-state index in [4.69, 9.17) is 4.74 Å². The van der Waals surface area contributed by atoms with Crippen molar-refractivity contribution in [1.29, 1.82) is 0 Å². The van der Waals surface area contributed by atoms with Crippen LogP contribution >= 0.6 is 0 Å². The number of aromatic amines is 4. The minimum Gasteiger partial charge on any atom is -0.497 e. The van der Waals surface area contributed by atoms with Crippen molar-refractivity contribution in [3.63, 3.8) is 0 Å². The van der Waals surface area contributed by atoms with Gasteiger partial charge >= 0.3 is 0 Å². The van der Waals surface area contributed by atoms with Crippen molar-refractivity contribution in [1.82, 2.24) is 19.9 Å². The number of hydrogen-bond donors (Lipinski definition) is 5. The summed E-state index contributed by atoms with van der Waals surface area (Å²) in [4.78, 5) is 26.0. The van der Waals surface area contributed by atoms with Gasteiger partial charge in [-0.15, -0.1) is 0 Å². The first-order valence-corrected chi connectivity index (χ1v) is 13.8. The van der Waals surface area contributed by atoms with Crippen molar-refractivity contribution in [2.45, 2.75) is 6.92 Å². The maximum atomic E-state index is 11.6. The van der Waals surface area contributed by atoms with Gasteiger partial charge in [-0.2, -0.15) is 0 Å². The number of fused-ring (bicyclic) bond motifs is 8. The normalized spacial score (nSPS) is 12.4. The van der Waals surface area contributed by atoms with Gasteiger partial charge in [0.15, 0.2) is 0 Å². The van der Waals surface area contributed by atoms with Crippen LogP contribution in [0.4, 0.5) is 5.69 Å². The minimum absolute atomic E-state index is 0.0992. The number of rotatable bonds is 4. The molecular formula is C35H29N5O2. The number of benzene rings is 2. The fourth-order valence-electron chi connectivity index (χ4n) is 5.50. The molecule has 0 aliphatic carbocycles. The molecule has 1 aliphatic heterocycles. The van der Waals surface area contributed by atoms with Crippen molar-refractivity contribution in [3.8, 4) is 5.75 Å². The third-order valence-electron chi connectivity index (χ3n) is 7.41. The minimum atomic E-state index is -0.0992. The number of nitrogens with one attached hydrogen (secondary N) is 5. The second-order valence-electron chi connectivity index (χ2n) is 10.3. The van der Waals surface area contributed by atoms with Gasteiger partial charge in [-0.25, -0.2) is 0 Å². The second-order valence-corrected chi connectivity index (χ2v) is 10.3. The molecule has 1 aliphatic rings. The van der Waals surface area contributed by atoms with Gasteiger partial charge in [-0.1, -0.05) is 24.3 Å². The fourth-order valence-corrected chi connectivity index (χ4v) is 5.50. The third-order valence-corrected chi connectivity index (χ3v) is 7.41. The zero-order valence-electron chi connectivity index (χ0n) is 23.2. The monoisotopic (exact) mass is 551 g/mol. The van der Waals surface area contributed by atoms with E-state index in [0.717, 1.165) is 77.9 Å². The van der Waals surface area contributed by atoms with Gasteiger partial charge in [0.25, 0.3) is 0 Å². The van der Waals surface area contributed by atoms with Gasteiger partial charge in [-0.3, -0.25) is 4.79 Å². The SMILES string of the molecule is COc1ccc(C2=c3ccc([nH]3)=Cc3ccc([nH]3)C=c3ccc([nH]3)=C(c3ccc(NC(C)=O)cc3)c3ccc2[nH]3)cc1. The van der Waals surface area contributed by atoms with Crippen molar-refractivity contribution >= 4 is 34.9 Å². The van der Waals surface area contributed by atoms with Crippen LogP contribution < -0.4 is 31.5 Å². The van der Waals surface area contributed by atoms with Crippen LogP contribution in [-0.2, 0) is 4.79 Å². The van der Waals surface area contributed by atoms with Gasteiger partial charge in [0, 0.05) is 67.9 Å². The Bertz CT molecular complexity index is 2170. The highest BCUT2D eigenvalue weighted by molar-refractivity contribution is 5.89. The Morgan fingerprint density at radius 1 is 0.595 bits per heavy atom. The largest absolute Gasteiger partial charge is 0.497 e. The number of carbonyl (C=O) groups is 1. The maximum Gasteiger partial charge on any atom is 0.221 e. The molecule has 6 aromatic rings. The Kier molecular flexibility index (Phi) is 6.24. The summed E-state index contributed by atoms with van der Waals surface area (Å²) in [5.41, 5.74) is 8.83. The molecule has 5 heterocycles. The molecule has 0 saturated carbocycles. The van der Waals surface area contributed by atoms with E-state index < -0.39 is 0 Å². The van der Waals surface area contributed by atoms with Crippen molar-refractivity contribution in [2.75, 3.05) is 12.4 Å². The van der Waals surface area contributed by atoms with Crippen LogP contribution in [0.3, 0.4) is 0 Å². The van der Waals surface area contributed by atoms with Gasteiger partial charge in [-0.05, 0) is 96.1 Å². The van der Waals surface area contributed by atoms with Crippen molar-refractivity contribution in [2.24, 2.45) is 0 Å². The summed E-state index contributed by atoms with van der Waals surface area (Å²) in [6.07, 6.45) is 4.20. The van der Waals surface area contributed by atoms with Crippen molar-refractivity contribution < 1.29 is 9.53 Å². The quantitative estimate of drug-likeness (QED) is 0.232. The standard InChI is InChI=1S/C35H29N5O2/c1-21(41)36-24-7-3-22(4-8-24)34-30-15-11-27(38-30)19-25-9-10-26(37-25)20-28-12-16-31(39-28)35(33-18-17-32(34)40-33)23-5-13-29(42-2)14-6-23/h3-20,37-40H,1-2H3,(H,36,41). The number of ether oxygens (including phenoxy) is 1. The average Bonchev–Trinajstić information content (AvgIpc) is 3.81. The van der Waals surface area contributed by atoms with Crippen LogP contribution in [0, 0.1) is 0 Å². The van der Waals surface area contributed by atoms with E-state index >= 15 is 0 Å². The van der Waals surface area contributed by atoms with Crippen LogP contribution in [-0.4, -0.2) is 33.0 Å². The summed E-state index contributed by atoms with van der Waals surface area (Å²) in [7, 11) is 1.68. The number of amides is 1. The molecule has 0 radical (unpaired) electrons. The van der Waals surface area contributed by atoms with Crippen LogP contribution in [0.5, 0.6) is 5.75 Å². The van der Waals surface area contributed by atoms with Crippen LogP contribution in [0.2, 0.25) is 0 Å². The lowest BCUT2D eigenvalue weighted by atomic mass is 10.0. The number of methoxy groups -OCH3 is 1. The first kappa shape index (κ1) is 25.3. The summed E-state index contributed by atoms with van der Waals surface area (Å²) in [6.45, 7) is 1.51. The molecule has 0 saturated heterocycles. The highest BCUT2D eigenvalue weighted by Gasteiger charge is 2.15. The topological polar surface area (TPSA) is 101 Å². The van der Waals surface area contributed by atoms with E-state index in [1.54, 1.807) is 7.11 Å². The molecule has 0 atom stereocenters. The van der Waals surface area contributed by atoms with E-state index in [-0.39, 0.29) is 5.91 Å². The molecule has 206 valence electrons. The predicted molar refractivity (Wildman–Crippen MR) is 166 cm³/mol. The lowest BCUT2D eigenvalue weighted by Gasteiger charge is -2.10. The van der Waals surface area contributed by atoms with Crippen molar-refractivity contribution in [3.05, 3.63) is 152 Å². The Balaban J connectivity index is 1.49. The summed E-state index contributed by atoms with van der Waals surface area (Å²) < 4.78 is 5.43. The number of anilines is 1. The zero-order chi connectivity index (χ0) is 28.6. The summed E-state index contributed by atoms with van der Waals surface area (Å²) in [5, 5.41) is 6.81. The molecule has 2 aromatic carbocycles. The van der Waals surface area contributed by atoms with Crippen LogP contribution in [0.15, 0.2) is 97.1 Å². The Hall–Kier alpha value is -5.69. The van der Waals surface area contributed by atoms with E-state index in [1.165, 1.54) is 6.92 Å². The predicted octanol–water partition coefficient (Wildman–Crippen LogP) is 3.43. The summed E-state index contributed by atoms with van der Waals surface area (Å²) >= 11 is 0. The summed E-state index contributed by atoms with van der Waals surface area (Å²) in [5.74, 6) is 0.707. The Labute approximate surface area is 241 Å². The van der Waals surface area contributed by atoms with Gasteiger partial charge in [0.1, 0.15) is 5.75 Å². The van der Waals surface area contributed by atoms with Crippen LogP contribution in [0.1, 0.15) is 40.8 Å². The molecule has 0 fully saturated rings. The molecule has 1 amide bonds. The van der Waals surface area contributed by atoms with E-state index in [2.05, 4.69) is 98.1 Å². The lowest BCUT2D eigenvalue weighted by Crippen LogP contribution is -2.16. The average molecular weight is 552 g/mol. The van der Waals surface area contributed by atoms with E-state index in [0.29, 0.717) is 0 Å². The molecule has 42 heavy (non-hydrogen) atoms. The fraction of sp³-hybridized carbons (Fsp3) is 0.0571. The number of H-pyrrole nitrogens is 4. The molecule has 0 unspecified atom stereocenters. The smallest absolute Gasteiger partial charge is 0.221 e. The highest BCUT2D eigenvalue weighted by atomic mass is 16.5. The van der Waals surface area contributed by atoms with E-state index in [1.807, 2.05) is 36.4 Å². The molecule has 7 heteroatoms.